The Hall–Kier alpha value is -6.34. The molecule has 4 N–H and O–H groups in total. The number of aromatic nitrogens is 5. The van der Waals surface area contributed by atoms with Crippen LogP contribution < -0.4 is 20.7 Å². The molecular formula is C40H43N9O4. The zero-order valence-corrected chi connectivity index (χ0v) is 30.4. The van der Waals surface area contributed by atoms with E-state index < -0.39 is 6.03 Å². The molecule has 0 unspecified atom stereocenters. The van der Waals surface area contributed by atoms with E-state index in [1.807, 2.05) is 85.8 Å². The van der Waals surface area contributed by atoms with Crippen molar-refractivity contribution in [2.24, 2.45) is 0 Å². The maximum Gasteiger partial charge on any atom is 0.324 e. The van der Waals surface area contributed by atoms with Crippen molar-refractivity contribution in [3.63, 3.8) is 0 Å². The number of anilines is 4. The number of rotatable bonds is 12. The number of ether oxygens (including phenoxy) is 1. The summed E-state index contributed by atoms with van der Waals surface area (Å²) in [4.78, 5) is 40.4. The summed E-state index contributed by atoms with van der Waals surface area (Å²) in [6, 6.07) is 24.6. The molecule has 6 aromatic rings. The molecule has 13 nitrogen and oxygen atoms in total. The van der Waals surface area contributed by atoms with Crippen LogP contribution in [0.15, 0.2) is 97.5 Å². The van der Waals surface area contributed by atoms with E-state index in [0.29, 0.717) is 41.9 Å². The molecule has 6 rings (SSSR count). The lowest BCUT2D eigenvalue weighted by Crippen LogP contribution is -2.29. The number of hydrogen-bond donors (Lipinski definition) is 4. The first kappa shape index (κ1) is 36.5. The summed E-state index contributed by atoms with van der Waals surface area (Å²) in [5.74, 6) is 1.90. The van der Waals surface area contributed by atoms with E-state index in [-0.39, 0.29) is 30.2 Å². The maximum atomic E-state index is 13.4. The van der Waals surface area contributed by atoms with Gasteiger partial charge in [-0.1, -0.05) is 62.7 Å². The highest BCUT2D eigenvalue weighted by Crippen LogP contribution is 2.33. The number of amides is 3. The van der Waals surface area contributed by atoms with Crippen LogP contribution in [-0.4, -0.2) is 66.9 Å². The molecule has 0 radical (unpaired) electrons. The van der Waals surface area contributed by atoms with Gasteiger partial charge in [-0.25, -0.2) is 24.4 Å². The molecule has 13 heteroatoms. The van der Waals surface area contributed by atoms with Crippen LogP contribution in [0.1, 0.15) is 54.5 Å². The Morgan fingerprint density at radius 1 is 0.887 bits per heavy atom. The van der Waals surface area contributed by atoms with Crippen LogP contribution in [-0.2, 0) is 12.0 Å². The molecule has 0 bridgehead atoms. The molecule has 0 saturated heterocycles. The molecule has 0 aliphatic carbocycles. The maximum absolute atomic E-state index is 13.4. The van der Waals surface area contributed by atoms with Crippen LogP contribution in [0.2, 0.25) is 0 Å². The number of hydrogen-bond acceptors (Lipinski definition) is 9. The highest BCUT2D eigenvalue weighted by atomic mass is 16.5. The average molecular weight is 714 g/mol. The second-order valence-corrected chi connectivity index (χ2v) is 13.7. The van der Waals surface area contributed by atoms with E-state index in [4.69, 9.17) is 14.9 Å². The molecule has 272 valence electrons. The number of benzene rings is 3. The van der Waals surface area contributed by atoms with E-state index in [1.165, 1.54) is 17.3 Å². The third kappa shape index (κ3) is 8.94. The third-order valence-electron chi connectivity index (χ3n) is 8.47. The molecule has 3 aromatic carbocycles. The molecule has 0 aliphatic heterocycles. The minimum Gasteiger partial charge on any atom is -0.488 e. The predicted molar refractivity (Wildman–Crippen MR) is 206 cm³/mol. The fourth-order valence-corrected chi connectivity index (χ4v) is 5.53. The lowest BCUT2D eigenvalue weighted by molar-refractivity contribution is 0.0780. The number of pyridine rings is 1. The van der Waals surface area contributed by atoms with Gasteiger partial charge in [-0.15, -0.1) is 0 Å². The Morgan fingerprint density at radius 3 is 2.38 bits per heavy atom. The monoisotopic (exact) mass is 713 g/mol. The minimum atomic E-state index is -0.398. The molecule has 0 aliphatic rings. The topological polar surface area (TPSA) is 159 Å². The summed E-state index contributed by atoms with van der Waals surface area (Å²) in [5.41, 5.74) is 4.32. The van der Waals surface area contributed by atoms with Gasteiger partial charge in [0.15, 0.2) is 0 Å². The van der Waals surface area contributed by atoms with Crippen molar-refractivity contribution in [2.45, 2.75) is 46.1 Å². The number of carbonyl (C=O) groups is 2. The second kappa shape index (κ2) is 15.9. The summed E-state index contributed by atoms with van der Waals surface area (Å²) < 4.78 is 8.04. The van der Waals surface area contributed by atoms with Crippen LogP contribution in [0, 0.1) is 6.92 Å². The molecule has 3 aromatic heterocycles. The summed E-state index contributed by atoms with van der Waals surface area (Å²) in [5, 5.41) is 24.6. The van der Waals surface area contributed by atoms with Gasteiger partial charge in [0.05, 0.1) is 29.5 Å². The summed E-state index contributed by atoms with van der Waals surface area (Å²) in [7, 11) is 1.66. The van der Waals surface area contributed by atoms with Gasteiger partial charge in [-0.05, 0) is 55.3 Å². The number of nitrogens with one attached hydrogen (secondary N) is 3. The SMILES string of the molecule is Cc1ccc(-n2nc(C(C)(C)C)cc2NC(=O)Nc2ccc(OCc3ccnc(Nc4cnc(C(=O)N(C)CCCO)cn4)c3)c3ccccc23)cc1. The Morgan fingerprint density at radius 2 is 1.66 bits per heavy atom. The Kier molecular flexibility index (Phi) is 10.9. The Balaban J connectivity index is 1.13. The second-order valence-electron chi connectivity index (χ2n) is 13.7. The van der Waals surface area contributed by atoms with Gasteiger partial charge in [-0.3, -0.25) is 10.1 Å². The number of aryl methyl sites for hydroxylation is 1. The average Bonchev–Trinajstić information content (AvgIpc) is 3.58. The lowest BCUT2D eigenvalue weighted by Gasteiger charge is -2.16. The van der Waals surface area contributed by atoms with E-state index >= 15 is 0 Å². The molecule has 53 heavy (non-hydrogen) atoms. The Bertz CT molecular complexity index is 2210. The zero-order valence-electron chi connectivity index (χ0n) is 30.4. The van der Waals surface area contributed by atoms with Gasteiger partial charge >= 0.3 is 6.03 Å². The Labute approximate surface area is 308 Å². The molecule has 0 atom stereocenters. The first-order valence-electron chi connectivity index (χ1n) is 17.3. The van der Waals surface area contributed by atoms with E-state index in [0.717, 1.165) is 33.3 Å². The summed E-state index contributed by atoms with van der Waals surface area (Å²) >= 11 is 0. The molecule has 0 fully saturated rings. The van der Waals surface area contributed by atoms with Gasteiger partial charge in [0.1, 0.15) is 35.5 Å². The number of fused-ring (bicyclic) bond motifs is 1. The largest absolute Gasteiger partial charge is 0.488 e. The number of urea groups is 1. The highest BCUT2D eigenvalue weighted by Gasteiger charge is 2.22. The first-order valence-corrected chi connectivity index (χ1v) is 17.3. The van der Waals surface area contributed by atoms with Gasteiger partial charge in [0, 0.05) is 48.6 Å². The summed E-state index contributed by atoms with van der Waals surface area (Å²) in [6.07, 6.45) is 5.04. The standard InChI is InChI=1S/C40H43N9O4/c1-26-11-13-28(14-12-26)49-37(22-34(47-49)40(2,3)4)46-39(52)44-31-15-16-33(30-10-7-6-9-29(30)31)53-25-27-17-18-41-35(21-27)45-36-24-42-32(23-43-36)38(51)48(5)19-8-20-50/h6-7,9-18,21-24,50H,8,19-20,25H2,1-5H3,(H,41,43,45)(H2,44,46,52). The van der Waals surface area contributed by atoms with Crippen molar-refractivity contribution >= 4 is 45.9 Å². The smallest absolute Gasteiger partial charge is 0.324 e. The van der Waals surface area contributed by atoms with Crippen molar-refractivity contribution in [3.05, 3.63) is 120 Å². The quantitative estimate of drug-likeness (QED) is 0.103. The fraction of sp³-hybridized carbons (Fsp3) is 0.250. The first-order chi connectivity index (χ1) is 25.5. The number of carbonyl (C=O) groups excluding carboxylic acids is 2. The number of aliphatic hydroxyl groups excluding tert-OH is 1. The van der Waals surface area contributed by atoms with E-state index in [1.54, 1.807) is 17.9 Å². The zero-order chi connectivity index (χ0) is 37.5. The molecular weight excluding hydrogens is 670 g/mol. The van der Waals surface area contributed by atoms with Crippen LogP contribution in [0.4, 0.5) is 27.9 Å². The fourth-order valence-electron chi connectivity index (χ4n) is 5.53. The van der Waals surface area contributed by atoms with Crippen LogP contribution in [0.5, 0.6) is 5.75 Å². The molecule has 3 heterocycles. The van der Waals surface area contributed by atoms with Crippen molar-refractivity contribution in [1.82, 2.24) is 29.6 Å². The van der Waals surface area contributed by atoms with Crippen LogP contribution >= 0.6 is 0 Å². The lowest BCUT2D eigenvalue weighted by atomic mass is 9.92. The number of nitrogens with zero attached hydrogens (tertiary/aromatic N) is 6. The van der Waals surface area contributed by atoms with Crippen molar-refractivity contribution < 1.29 is 19.4 Å². The molecule has 0 saturated carbocycles. The normalized spacial score (nSPS) is 11.3. The van der Waals surface area contributed by atoms with Gasteiger partial charge < -0.3 is 25.4 Å². The van der Waals surface area contributed by atoms with Gasteiger partial charge in [0.2, 0.25) is 0 Å². The van der Waals surface area contributed by atoms with Gasteiger partial charge in [0.25, 0.3) is 5.91 Å². The van der Waals surface area contributed by atoms with Crippen LogP contribution in [0.25, 0.3) is 16.5 Å². The third-order valence-corrected chi connectivity index (χ3v) is 8.47. The molecule has 3 amide bonds. The van der Waals surface area contributed by atoms with E-state index in [2.05, 4.69) is 51.7 Å². The highest BCUT2D eigenvalue weighted by molar-refractivity contribution is 6.07. The van der Waals surface area contributed by atoms with Crippen molar-refractivity contribution in [2.75, 3.05) is 36.1 Å². The number of aliphatic hydroxyl groups is 1. The van der Waals surface area contributed by atoms with Crippen molar-refractivity contribution in [1.29, 1.82) is 0 Å². The minimum absolute atomic E-state index is 0.00722. The van der Waals surface area contributed by atoms with Crippen LogP contribution in [0.3, 0.4) is 0 Å². The van der Waals surface area contributed by atoms with Gasteiger partial charge in [-0.2, -0.15) is 5.10 Å². The molecule has 0 spiro atoms. The van der Waals surface area contributed by atoms with Crippen molar-refractivity contribution in [3.8, 4) is 11.4 Å². The predicted octanol–water partition coefficient (Wildman–Crippen LogP) is 7.24. The van der Waals surface area contributed by atoms with E-state index in [9.17, 15) is 9.59 Å². The summed E-state index contributed by atoms with van der Waals surface area (Å²) in [6.45, 7) is 8.97.